The Hall–Kier alpha value is -1.02. The molecule has 0 amide bonds. The smallest absolute Gasteiger partial charge is 0.119 e. The summed E-state index contributed by atoms with van der Waals surface area (Å²) in [5.41, 5.74) is 2.83. The van der Waals surface area contributed by atoms with Crippen molar-refractivity contribution in [1.82, 2.24) is 5.32 Å². The van der Waals surface area contributed by atoms with E-state index in [1.807, 2.05) is 12.1 Å². The Morgan fingerprint density at radius 1 is 1.47 bits per heavy atom. The van der Waals surface area contributed by atoms with Gasteiger partial charge in [0.1, 0.15) is 5.75 Å². The summed E-state index contributed by atoms with van der Waals surface area (Å²) >= 11 is 0. The Labute approximate surface area is 90.3 Å². The lowest BCUT2D eigenvalue weighted by Crippen LogP contribution is -2.49. The fourth-order valence-electron chi connectivity index (χ4n) is 3.26. The second-order valence-electron chi connectivity index (χ2n) is 5.17. The van der Waals surface area contributed by atoms with Crippen molar-refractivity contribution in [2.24, 2.45) is 0 Å². The summed E-state index contributed by atoms with van der Waals surface area (Å²) in [7, 11) is 0. The van der Waals surface area contributed by atoms with Crippen LogP contribution >= 0.6 is 0 Å². The fraction of sp³-hybridized carbons (Fsp3) is 0.538. The lowest BCUT2D eigenvalue weighted by molar-refractivity contribution is 0.246. The van der Waals surface area contributed by atoms with Gasteiger partial charge in [-0.2, -0.15) is 0 Å². The third kappa shape index (κ3) is 1.28. The fourth-order valence-corrected chi connectivity index (χ4v) is 3.26. The van der Waals surface area contributed by atoms with Crippen LogP contribution in [0.4, 0.5) is 0 Å². The zero-order valence-corrected chi connectivity index (χ0v) is 9.09. The molecular formula is C13H17NO. The number of piperidine rings is 1. The number of fused-ring (bicyclic) bond motifs is 4. The highest BCUT2D eigenvalue weighted by Gasteiger charge is 2.39. The van der Waals surface area contributed by atoms with Crippen LogP contribution in [0.5, 0.6) is 5.75 Å². The number of phenols is 1. The van der Waals surface area contributed by atoms with Gasteiger partial charge in [0.15, 0.2) is 0 Å². The summed E-state index contributed by atoms with van der Waals surface area (Å²) in [5, 5.41) is 13.4. The van der Waals surface area contributed by atoms with Gasteiger partial charge in [0, 0.05) is 6.04 Å². The van der Waals surface area contributed by atoms with Crippen molar-refractivity contribution in [2.75, 3.05) is 6.54 Å². The lowest BCUT2D eigenvalue weighted by atomic mass is 9.65. The molecule has 1 saturated heterocycles. The zero-order valence-electron chi connectivity index (χ0n) is 9.09. The maximum atomic E-state index is 9.90. The molecule has 1 aliphatic heterocycles. The largest absolute Gasteiger partial charge is 0.508 e. The maximum Gasteiger partial charge on any atom is 0.119 e. The van der Waals surface area contributed by atoms with Gasteiger partial charge in [0.2, 0.25) is 0 Å². The van der Waals surface area contributed by atoms with Crippen LogP contribution in [-0.2, 0) is 11.8 Å². The minimum atomic E-state index is 0.280. The average molecular weight is 203 g/mol. The van der Waals surface area contributed by atoms with Crippen molar-refractivity contribution in [3.05, 3.63) is 29.3 Å². The molecule has 2 bridgehead atoms. The highest BCUT2D eigenvalue weighted by molar-refractivity contribution is 5.46. The maximum absolute atomic E-state index is 9.90. The molecule has 3 rings (SSSR count). The number of nitrogens with one attached hydrogen (secondary N) is 1. The third-order valence-electron chi connectivity index (χ3n) is 4.06. The van der Waals surface area contributed by atoms with Crippen LogP contribution in [0.1, 0.15) is 30.9 Å². The number of benzene rings is 1. The normalized spacial score (nSPS) is 33.5. The summed E-state index contributed by atoms with van der Waals surface area (Å²) in [6.45, 7) is 3.44. The summed E-state index contributed by atoms with van der Waals surface area (Å²) in [4.78, 5) is 0. The van der Waals surface area contributed by atoms with Gasteiger partial charge >= 0.3 is 0 Å². The molecule has 2 atom stereocenters. The quantitative estimate of drug-likeness (QED) is 0.675. The van der Waals surface area contributed by atoms with E-state index in [0.717, 1.165) is 13.0 Å². The van der Waals surface area contributed by atoms with E-state index in [0.29, 0.717) is 11.8 Å². The second kappa shape index (κ2) is 2.99. The van der Waals surface area contributed by atoms with Crippen molar-refractivity contribution < 1.29 is 5.11 Å². The van der Waals surface area contributed by atoms with Gasteiger partial charge in [0.25, 0.3) is 0 Å². The van der Waals surface area contributed by atoms with Gasteiger partial charge in [-0.15, -0.1) is 0 Å². The molecule has 80 valence electrons. The number of rotatable bonds is 0. The second-order valence-corrected chi connectivity index (χ2v) is 5.17. The van der Waals surface area contributed by atoms with Gasteiger partial charge in [-0.3, -0.25) is 0 Å². The molecule has 0 unspecified atom stereocenters. The van der Waals surface area contributed by atoms with E-state index in [2.05, 4.69) is 18.3 Å². The highest BCUT2D eigenvalue weighted by atomic mass is 16.3. The molecule has 15 heavy (non-hydrogen) atoms. The van der Waals surface area contributed by atoms with Crippen LogP contribution in [0.15, 0.2) is 18.2 Å². The van der Waals surface area contributed by atoms with Gasteiger partial charge in [-0.05, 0) is 48.4 Å². The molecule has 0 spiro atoms. The number of phenolic OH excluding ortho intramolecular Hbond substituents is 1. The topological polar surface area (TPSA) is 32.3 Å². The van der Waals surface area contributed by atoms with E-state index in [1.54, 1.807) is 0 Å². The molecule has 2 nitrogen and oxygen atoms in total. The monoisotopic (exact) mass is 203 g/mol. The number of aromatic hydroxyl groups is 1. The minimum Gasteiger partial charge on any atom is -0.508 e. The molecule has 2 heteroatoms. The Morgan fingerprint density at radius 3 is 3.20 bits per heavy atom. The first-order valence-corrected chi connectivity index (χ1v) is 5.74. The molecule has 1 aromatic rings. The molecular weight excluding hydrogens is 186 g/mol. The van der Waals surface area contributed by atoms with E-state index in [-0.39, 0.29) is 5.41 Å². The average Bonchev–Trinajstić information content (AvgIpc) is 2.20. The number of hydrogen-bond donors (Lipinski definition) is 2. The van der Waals surface area contributed by atoms with Crippen LogP contribution in [0, 0.1) is 0 Å². The summed E-state index contributed by atoms with van der Waals surface area (Å²) in [6, 6.07) is 6.53. The van der Waals surface area contributed by atoms with Crippen molar-refractivity contribution in [1.29, 1.82) is 0 Å². The predicted molar refractivity (Wildman–Crippen MR) is 60.2 cm³/mol. The van der Waals surface area contributed by atoms with Crippen LogP contribution in [0.25, 0.3) is 0 Å². The Bertz CT molecular complexity index is 402. The van der Waals surface area contributed by atoms with Gasteiger partial charge in [-0.25, -0.2) is 0 Å². The van der Waals surface area contributed by atoms with Crippen molar-refractivity contribution in [3.8, 4) is 5.75 Å². The molecule has 2 aliphatic rings. The van der Waals surface area contributed by atoms with Crippen molar-refractivity contribution in [3.63, 3.8) is 0 Å². The minimum absolute atomic E-state index is 0.280. The Kier molecular flexibility index (Phi) is 1.84. The molecule has 1 aliphatic carbocycles. The molecule has 1 heterocycles. The zero-order chi connectivity index (χ0) is 10.5. The first-order chi connectivity index (χ1) is 7.19. The van der Waals surface area contributed by atoms with Crippen LogP contribution in [-0.4, -0.2) is 17.7 Å². The summed E-state index contributed by atoms with van der Waals surface area (Å²) in [6.07, 6.45) is 3.38. The van der Waals surface area contributed by atoms with E-state index in [1.165, 1.54) is 24.0 Å². The third-order valence-corrected chi connectivity index (χ3v) is 4.06. The van der Waals surface area contributed by atoms with E-state index in [4.69, 9.17) is 0 Å². The first kappa shape index (κ1) is 9.22. The van der Waals surface area contributed by atoms with Crippen LogP contribution in [0.3, 0.4) is 0 Å². The standard InChI is InChI=1S/C13H17NO/c1-13-5-6-14-9(8-13)7-10-11(13)3-2-4-12(10)15/h2-4,9,14-15H,5-8H2,1H3/t9-,13-/m1/s1. The van der Waals surface area contributed by atoms with E-state index >= 15 is 0 Å². The SMILES string of the molecule is C[C@]12CCN[C@H](Cc3c(O)cccc31)C2. The van der Waals surface area contributed by atoms with Crippen LogP contribution < -0.4 is 5.32 Å². The van der Waals surface area contributed by atoms with E-state index in [9.17, 15) is 5.11 Å². The van der Waals surface area contributed by atoms with Gasteiger partial charge in [0.05, 0.1) is 0 Å². The van der Waals surface area contributed by atoms with Crippen molar-refractivity contribution >= 4 is 0 Å². The van der Waals surface area contributed by atoms with E-state index < -0.39 is 0 Å². The van der Waals surface area contributed by atoms with Crippen molar-refractivity contribution in [2.45, 2.75) is 37.6 Å². The predicted octanol–water partition coefficient (Wildman–Crippen LogP) is 1.96. The molecule has 1 fully saturated rings. The Morgan fingerprint density at radius 2 is 2.33 bits per heavy atom. The van der Waals surface area contributed by atoms with Crippen LogP contribution in [0.2, 0.25) is 0 Å². The molecule has 1 aromatic carbocycles. The van der Waals surface area contributed by atoms with Gasteiger partial charge < -0.3 is 10.4 Å². The summed E-state index contributed by atoms with van der Waals surface area (Å²) in [5.74, 6) is 0.479. The molecule has 0 radical (unpaired) electrons. The first-order valence-electron chi connectivity index (χ1n) is 5.74. The molecule has 0 aromatic heterocycles. The number of hydrogen-bond acceptors (Lipinski definition) is 2. The molecule has 2 N–H and O–H groups in total. The molecule has 0 saturated carbocycles. The lowest BCUT2D eigenvalue weighted by Gasteiger charge is -2.45. The Balaban J connectivity index is 2.17. The highest BCUT2D eigenvalue weighted by Crippen LogP contribution is 2.44. The summed E-state index contributed by atoms with van der Waals surface area (Å²) < 4.78 is 0. The van der Waals surface area contributed by atoms with Gasteiger partial charge in [-0.1, -0.05) is 19.1 Å².